The fourth-order valence-corrected chi connectivity index (χ4v) is 4.98. The van der Waals surface area contributed by atoms with Crippen LogP contribution in [0, 0.1) is 11.8 Å². The molecule has 0 unspecified atom stereocenters. The van der Waals surface area contributed by atoms with Gasteiger partial charge in [-0.15, -0.1) is 11.3 Å². The van der Waals surface area contributed by atoms with Gasteiger partial charge in [0.1, 0.15) is 0 Å². The molecule has 1 aliphatic carbocycles. The summed E-state index contributed by atoms with van der Waals surface area (Å²) >= 11 is 7.07. The number of thiocarbonyl (C=S) groups is 1. The van der Waals surface area contributed by atoms with Gasteiger partial charge in [-0.2, -0.15) is 0 Å². The number of fused-ring (bicyclic) bond motifs is 1. The first-order valence-electron chi connectivity index (χ1n) is 10.2. The van der Waals surface area contributed by atoms with Gasteiger partial charge >= 0.3 is 0 Å². The fraction of sp³-hybridized carbons (Fsp3) is 0.571. The molecule has 1 amide bonds. The molecule has 3 atom stereocenters. The highest BCUT2D eigenvalue weighted by Crippen LogP contribution is 2.29. The fourth-order valence-electron chi connectivity index (χ4n) is 3.77. The highest BCUT2D eigenvalue weighted by Gasteiger charge is 2.27. The molecular weight excluding hydrogens is 388 g/mol. The second-order valence-electron chi connectivity index (χ2n) is 7.80. The van der Waals surface area contributed by atoms with E-state index in [9.17, 15) is 4.79 Å². The van der Waals surface area contributed by atoms with Crippen LogP contribution in [0.3, 0.4) is 0 Å². The van der Waals surface area contributed by atoms with Crippen molar-refractivity contribution in [2.24, 2.45) is 11.8 Å². The normalized spacial score (nSPS) is 22.0. The average Bonchev–Trinajstić information content (AvgIpc) is 3.10. The van der Waals surface area contributed by atoms with E-state index in [4.69, 9.17) is 12.2 Å². The van der Waals surface area contributed by atoms with E-state index in [0.29, 0.717) is 29.4 Å². The number of amides is 1. The third-order valence-electron chi connectivity index (χ3n) is 5.72. The summed E-state index contributed by atoms with van der Waals surface area (Å²) in [5.41, 5.74) is 6.63. The van der Waals surface area contributed by atoms with Gasteiger partial charge in [0.25, 0.3) is 0 Å². The molecule has 7 heteroatoms. The lowest BCUT2D eigenvalue weighted by Gasteiger charge is -2.35. The summed E-state index contributed by atoms with van der Waals surface area (Å²) in [5.74, 6) is 1.27. The largest absolute Gasteiger partial charge is 0.358 e. The number of carbonyl (C=O) groups is 1. The zero-order valence-electron chi connectivity index (χ0n) is 16.7. The molecule has 1 heterocycles. The van der Waals surface area contributed by atoms with Crippen LogP contribution in [0.1, 0.15) is 57.4 Å². The van der Waals surface area contributed by atoms with Crippen molar-refractivity contribution in [2.45, 2.75) is 64.8 Å². The Balaban J connectivity index is 1.30. The van der Waals surface area contributed by atoms with Crippen LogP contribution in [0.4, 0.5) is 0 Å². The second kappa shape index (κ2) is 10.2. The van der Waals surface area contributed by atoms with Crippen LogP contribution in [0.15, 0.2) is 24.3 Å². The Morgan fingerprint density at radius 3 is 2.86 bits per heavy atom. The van der Waals surface area contributed by atoms with Crippen molar-refractivity contribution in [2.75, 3.05) is 0 Å². The molecule has 3 rings (SSSR count). The number of aryl methyl sites for hydroxylation is 1. The van der Waals surface area contributed by atoms with Gasteiger partial charge in [-0.25, -0.2) is 4.98 Å². The molecule has 1 aromatic heterocycles. The van der Waals surface area contributed by atoms with Crippen LogP contribution < -0.4 is 16.2 Å². The van der Waals surface area contributed by atoms with Crippen LogP contribution in [0.25, 0.3) is 10.2 Å². The predicted molar refractivity (Wildman–Crippen MR) is 120 cm³/mol. The highest BCUT2D eigenvalue weighted by molar-refractivity contribution is 7.80. The molecule has 0 radical (unpaired) electrons. The van der Waals surface area contributed by atoms with E-state index in [-0.39, 0.29) is 5.91 Å². The maximum Gasteiger partial charge on any atom is 0.238 e. The van der Waals surface area contributed by atoms with Crippen molar-refractivity contribution in [3.8, 4) is 0 Å². The van der Waals surface area contributed by atoms with Crippen LogP contribution in [0.5, 0.6) is 0 Å². The van der Waals surface area contributed by atoms with E-state index in [1.54, 1.807) is 11.3 Å². The molecule has 2 aromatic rings. The lowest BCUT2D eigenvalue weighted by molar-refractivity contribution is -0.121. The smallest absolute Gasteiger partial charge is 0.238 e. The molecule has 0 aliphatic heterocycles. The Hall–Kier alpha value is -1.73. The Labute approximate surface area is 176 Å². The third-order valence-corrected chi connectivity index (χ3v) is 7.04. The summed E-state index contributed by atoms with van der Waals surface area (Å²) in [6.45, 7) is 4.57. The molecule has 1 aliphatic rings. The van der Waals surface area contributed by atoms with E-state index in [2.05, 4.69) is 41.1 Å². The van der Waals surface area contributed by atoms with Crippen molar-refractivity contribution in [3.63, 3.8) is 0 Å². The van der Waals surface area contributed by atoms with E-state index < -0.39 is 0 Å². The lowest BCUT2D eigenvalue weighted by atomic mass is 9.78. The van der Waals surface area contributed by atoms with Gasteiger partial charge in [-0.3, -0.25) is 15.6 Å². The molecule has 152 valence electrons. The topological polar surface area (TPSA) is 66.0 Å². The molecule has 1 saturated carbocycles. The van der Waals surface area contributed by atoms with Crippen molar-refractivity contribution in [1.29, 1.82) is 0 Å². The zero-order chi connectivity index (χ0) is 19.9. The van der Waals surface area contributed by atoms with Gasteiger partial charge in [-0.1, -0.05) is 38.8 Å². The van der Waals surface area contributed by atoms with Gasteiger partial charge in [-0.05, 0) is 61.9 Å². The van der Waals surface area contributed by atoms with Crippen LogP contribution in [-0.2, 0) is 11.2 Å². The number of unbranched alkanes of at least 4 members (excludes halogenated alkanes) is 1. The molecule has 3 N–H and O–H groups in total. The summed E-state index contributed by atoms with van der Waals surface area (Å²) in [6, 6.07) is 8.57. The van der Waals surface area contributed by atoms with Gasteiger partial charge in [0, 0.05) is 12.5 Å². The van der Waals surface area contributed by atoms with E-state index >= 15 is 0 Å². The summed E-state index contributed by atoms with van der Waals surface area (Å²) in [5, 5.41) is 5.00. The van der Waals surface area contributed by atoms with Gasteiger partial charge < -0.3 is 5.32 Å². The molecule has 5 nitrogen and oxygen atoms in total. The molecule has 1 fully saturated rings. The van der Waals surface area contributed by atoms with Gasteiger partial charge in [0.15, 0.2) is 5.11 Å². The van der Waals surface area contributed by atoms with Crippen molar-refractivity contribution in [1.82, 2.24) is 21.2 Å². The highest BCUT2D eigenvalue weighted by atomic mass is 32.1. The number of hydrazine groups is 1. The number of hydrogen-bond acceptors (Lipinski definition) is 4. The number of nitrogens with one attached hydrogen (secondary N) is 3. The van der Waals surface area contributed by atoms with Crippen molar-refractivity contribution in [3.05, 3.63) is 29.3 Å². The monoisotopic (exact) mass is 418 g/mol. The second-order valence-corrected chi connectivity index (χ2v) is 9.33. The zero-order valence-corrected chi connectivity index (χ0v) is 18.3. The van der Waals surface area contributed by atoms with Gasteiger partial charge in [0.05, 0.1) is 15.2 Å². The third kappa shape index (κ3) is 5.88. The minimum Gasteiger partial charge on any atom is -0.358 e. The van der Waals surface area contributed by atoms with Crippen molar-refractivity contribution >= 4 is 44.8 Å². The van der Waals surface area contributed by atoms with Crippen LogP contribution in [0.2, 0.25) is 0 Å². The summed E-state index contributed by atoms with van der Waals surface area (Å²) in [7, 11) is 0. The summed E-state index contributed by atoms with van der Waals surface area (Å²) in [4.78, 5) is 16.7. The first-order valence-corrected chi connectivity index (χ1v) is 11.4. The minimum absolute atomic E-state index is 0.0292. The van der Waals surface area contributed by atoms with E-state index in [1.165, 1.54) is 17.5 Å². The number of thiazole rings is 1. The Bertz CT molecular complexity index is 774. The Morgan fingerprint density at radius 2 is 2.04 bits per heavy atom. The molecule has 0 saturated heterocycles. The SMILES string of the molecule is C[C@@H]1[C@H](C)CCC[C@@H]1NC(=S)NNC(=O)CCCCc1nc2ccccc2s1. The predicted octanol–water partition coefficient (Wildman–Crippen LogP) is 4.33. The summed E-state index contributed by atoms with van der Waals surface area (Å²) in [6.07, 6.45) is 6.83. The number of nitrogens with zero attached hydrogens (tertiary/aromatic N) is 1. The van der Waals surface area contributed by atoms with E-state index in [0.717, 1.165) is 36.2 Å². The van der Waals surface area contributed by atoms with Crippen LogP contribution >= 0.6 is 23.6 Å². The number of rotatable bonds is 6. The maximum atomic E-state index is 12.0. The molecule has 28 heavy (non-hydrogen) atoms. The first-order chi connectivity index (χ1) is 13.5. The lowest BCUT2D eigenvalue weighted by Crippen LogP contribution is -2.52. The molecule has 0 bridgehead atoms. The number of benzene rings is 1. The number of carbonyl (C=O) groups excluding carboxylic acids is 1. The minimum atomic E-state index is -0.0292. The molecule has 0 spiro atoms. The summed E-state index contributed by atoms with van der Waals surface area (Å²) < 4.78 is 1.22. The Kier molecular flexibility index (Phi) is 7.62. The van der Waals surface area contributed by atoms with Crippen molar-refractivity contribution < 1.29 is 4.79 Å². The Morgan fingerprint density at radius 1 is 1.21 bits per heavy atom. The number of para-hydroxylation sites is 1. The first kappa shape index (κ1) is 21.0. The average molecular weight is 419 g/mol. The number of aromatic nitrogens is 1. The quantitative estimate of drug-likeness (QED) is 0.370. The van der Waals surface area contributed by atoms with Gasteiger partial charge in [0.2, 0.25) is 5.91 Å². The molecule has 1 aromatic carbocycles. The number of hydrogen-bond donors (Lipinski definition) is 3. The maximum absolute atomic E-state index is 12.0. The molecular formula is C21H30N4OS2. The van der Waals surface area contributed by atoms with E-state index in [1.807, 2.05) is 18.2 Å². The standard InChI is InChI=1S/C21H30N4OS2/c1-14-8-7-10-16(15(14)2)23-21(27)25-24-19(26)12-5-6-13-20-22-17-9-3-4-11-18(17)28-20/h3-4,9,11,14-16H,5-8,10,12-13H2,1-2H3,(H,24,26)(H2,23,25,27)/t14-,15-,16+/m1/s1. The van der Waals surface area contributed by atoms with Crippen LogP contribution in [-0.4, -0.2) is 22.0 Å².